The normalized spacial score (nSPS) is 10.7. The van der Waals surface area contributed by atoms with E-state index in [-0.39, 0.29) is 0 Å². The topological polar surface area (TPSA) is 42.2 Å². The van der Waals surface area contributed by atoms with Crippen LogP contribution in [0.2, 0.25) is 5.02 Å². The summed E-state index contributed by atoms with van der Waals surface area (Å²) < 4.78 is 2.92. The zero-order chi connectivity index (χ0) is 13.4. The van der Waals surface area contributed by atoms with Crippen molar-refractivity contribution < 1.29 is 9.90 Å². The van der Waals surface area contributed by atoms with Gasteiger partial charge in [0.25, 0.3) is 0 Å². The molecule has 5 heteroatoms. The highest BCUT2D eigenvalue weighted by Gasteiger charge is 2.17. The van der Waals surface area contributed by atoms with Crippen LogP contribution in [0.3, 0.4) is 0 Å². The Morgan fingerprint density at radius 2 is 2.00 bits per heavy atom. The van der Waals surface area contributed by atoms with Crippen molar-refractivity contribution in [2.45, 2.75) is 13.8 Å². The van der Waals surface area contributed by atoms with Gasteiger partial charge in [0.05, 0.1) is 16.3 Å². The molecule has 0 saturated carbocycles. The highest BCUT2D eigenvalue weighted by atomic mass is 127. The van der Waals surface area contributed by atoms with Crippen LogP contribution in [0.15, 0.2) is 24.3 Å². The summed E-state index contributed by atoms with van der Waals surface area (Å²) in [5.41, 5.74) is 2.66. The van der Waals surface area contributed by atoms with Crippen LogP contribution in [0.1, 0.15) is 21.7 Å². The number of hydrogen-bond donors (Lipinski definition) is 1. The standard InChI is InChI=1S/C13H11ClINO2/c1-7-5-10(13(17)18)8(2)16(7)12-6-9(15)3-4-11(12)14/h3-6H,1-2H3,(H,17,18). The maximum absolute atomic E-state index is 11.1. The van der Waals surface area contributed by atoms with E-state index in [2.05, 4.69) is 22.6 Å². The van der Waals surface area contributed by atoms with Crippen LogP contribution < -0.4 is 0 Å². The summed E-state index contributed by atoms with van der Waals surface area (Å²) in [5.74, 6) is -0.920. The van der Waals surface area contributed by atoms with Crippen molar-refractivity contribution in [3.63, 3.8) is 0 Å². The minimum absolute atomic E-state index is 0.308. The van der Waals surface area contributed by atoms with Gasteiger partial charge >= 0.3 is 5.97 Å². The van der Waals surface area contributed by atoms with Gasteiger partial charge in [-0.05, 0) is 60.7 Å². The van der Waals surface area contributed by atoms with Crippen molar-refractivity contribution >= 4 is 40.2 Å². The van der Waals surface area contributed by atoms with Gasteiger partial charge in [0, 0.05) is 15.0 Å². The summed E-state index contributed by atoms with van der Waals surface area (Å²) in [6, 6.07) is 7.33. The number of carboxylic acid groups (broad SMARTS) is 1. The van der Waals surface area contributed by atoms with E-state index in [0.717, 1.165) is 15.0 Å². The zero-order valence-corrected chi connectivity index (χ0v) is 12.8. The van der Waals surface area contributed by atoms with E-state index in [4.69, 9.17) is 16.7 Å². The van der Waals surface area contributed by atoms with Crippen molar-refractivity contribution in [3.8, 4) is 5.69 Å². The first-order chi connectivity index (χ1) is 8.41. The molecule has 1 aromatic carbocycles. The van der Waals surface area contributed by atoms with Crippen molar-refractivity contribution in [2.75, 3.05) is 0 Å². The fourth-order valence-electron chi connectivity index (χ4n) is 2.01. The third kappa shape index (κ3) is 2.27. The Morgan fingerprint density at radius 3 is 2.56 bits per heavy atom. The van der Waals surface area contributed by atoms with Gasteiger partial charge in [-0.2, -0.15) is 0 Å². The summed E-state index contributed by atoms with van der Waals surface area (Å²) in [7, 11) is 0. The van der Waals surface area contributed by atoms with Crippen LogP contribution in [0, 0.1) is 17.4 Å². The second kappa shape index (κ2) is 4.93. The number of aromatic nitrogens is 1. The van der Waals surface area contributed by atoms with Gasteiger partial charge in [0.1, 0.15) is 0 Å². The first-order valence-electron chi connectivity index (χ1n) is 5.29. The summed E-state index contributed by atoms with van der Waals surface area (Å²) in [5, 5.41) is 9.73. The average Bonchev–Trinajstić information content (AvgIpc) is 2.58. The summed E-state index contributed by atoms with van der Waals surface area (Å²) in [4.78, 5) is 11.1. The van der Waals surface area contributed by atoms with E-state index < -0.39 is 5.97 Å². The molecule has 0 saturated heterocycles. The number of benzene rings is 1. The molecule has 0 aliphatic rings. The molecule has 3 nitrogen and oxygen atoms in total. The fraction of sp³-hybridized carbons (Fsp3) is 0.154. The minimum atomic E-state index is -0.920. The molecule has 0 bridgehead atoms. The van der Waals surface area contributed by atoms with Crippen LogP contribution in [0.25, 0.3) is 5.69 Å². The summed E-state index contributed by atoms with van der Waals surface area (Å²) in [6.45, 7) is 3.66. The molecule has 0 aliphatic carbocycles. The molecular weight excluding hydrogens is 365 g/mol. The van der Waals surface area contributed by atoms with Crippen LogP contribution in [-0.2, 0) is 0 Å². The van der Waals surface area contributed by atoms with E-state index in [1.54, 1.807) is 13.0 Å². The molecule has 18 heavy (non-hydrogen) atoms. The number of hydrogen-bond acceptors (Lipinski definition) is 1. The smallest absolute Gasteiger partial charge is 0.337 e. The van der Waals surface area contributed by atoms with Gasteiger partial charge in [-0.25, -0.2) is 4.79 Å². The number of aryl methyl sites for hydroxylation is 1. The molecule has 1 N–H and O–H groups in total. The van der Waals surface area contributed by atoms with Crippen molar-refractivity contribution in [3.05, 3.63) is 49.8 Å². The predicted octanol–water partition coefficient (Wildman–Crippen LogP) is 4.05. The van der Waals surface area contributed by atoms with E-state index >= 15 is 0 Å². The lowest BCUT2D eigenvalue weighted by Crippen LogP contribution is -2.03. The van der Waals surface area contributed by atoms with Crippen LogP contribution >= 0.6 is 34.2 Å². The number of rotatable bonds is 2. The van der Waals surface area contributed by atoms with Crippen LogP contribution in [-0.4, -0.2) is 15.6 Å². The van der Waals surface area contributed by atoms with E-state index in [0.29, 0.717) is 16.3 Å². The number of nitrogens with zero attached hydrogens (tertiary/aromatic N) is 1. The Balaban J connectivity index is 2.71. The van der Waals surface area contributed by atoms with E-state index in [1.807, 2.05) is 29.7 Å². The highest BCUT2D eigenvalue weighted by Crippen LogP contribution is 2.27. The van der Waals surface area contributed by atoms with Gasteiger partial charge in [-0.15, -0.1) is 0 Å². The van der Waals surface area contributed by atoms with E-state index in [1.165, 1.54) is 0 Å². The fourth-order valence-corrected chi connectivity index (χ4v) is 2.68. The lowest BCUT2D eigenvalue weighted by Gasteiger charge is -2.12. The molecule has 0 spiro atoms. The molecule has 0 aliphatic heterocycles. The molecule has 94 valence electrons. The van der Waals surface area contributed by atoms with Crippen molar-refractivity contribution in [1.82, 2.24) is 4.57 Å². The summed E-state index contributed by atoms with van der Waals surface area (Å²) in [6.07, 6.45) is 0. The molecule has 2 aromatic rings. The Hall–Kier alpha value is -1.01. The molecule has 0 amide bonds. The third-order valence-corrected chi connectivity index (χ3v) is 3.80. The van der Waals surface area contributed by atoms with Gasteiger partial charge < -0.3 is 9.67 Å². The molecule has 0 atom stereocenters. The monoisotopic (exact) mass is 375 g/mol. The molecular formula is C13H11ClINO2. The first kappa shape index (κ1) is 13.4. The quantitative estimate of drug-likeness (QED) is 0.805. The van der Waals surface area contributed by atoms with Crippen LogP contribution in [0.5, 0.6) is 0 Å². The zero-order valence-electron chi connectivity index (χ0n) is 9.87. The Labute approximate surface area is 124 Å². The maximum Gasteiger partial charge on any atom is 0.337 e. The van der Waals surface area contributed by atoms with Gasteiger partial charge in [0.2, 0.25) is 0 Å². The maximum atomic E-state index is 11.1. The lowest BCUT2D eigenvalue weighted by molar-refractivity contribution is 0.0696. The SMILES string of the molecule is Cc1cc(C(=O)O)c(C)n1-c1cc(I)ccc1Cl. The molecule has 0 unspecified atom stereocenters. The van der Waals surface area contributed by atoms with Crippen LogP contribution in [0.4, 0.5) is 0 Å². The molecule has 0 radical (unpaired) electrons. The number of halogens is 2. The number of carboxylic acids is 1. The number of aromatic carboxylic acids is 1. The predicted molar refractivity (Wildman–Crippen MR) is 79.9 cm³/mol. The number of carbonyl (C=O) groups is 1. The summed E-state index contributed by atoms with van der Waals surface area (Å²) >= 11 is 8.40. The largest absolute Gasteiger partial charge is 0.478 e. The average molecular weight is 376 g/mol. The Bertz CT molecular complexity index is 634. The minimum Gasteiger partial charge on any atom is -0.478 e. The van der Waals surface area contributed by atoms with Crippen molar-refractivity contribution in [1.29, 1.82) is 0 Å². The Kier molecular flexibility index (Phi) is 3.68. The lowest BCUT2D eigenvalue weighted by atomic mass is 10.2. The third-order valence-electron chi connectivity index (χ3n) is 2.81. The highest BCUT2D eigenvalue weighted by molar-refractivity contribution is 14.1. The van der Waals surface area contributed by atoms with Gasteiger partial charge in [-0.1, -0.05) is 11.6 Å². The molecule has 0 fully saturated rings. The molecule has 1 aromatic heterocycles. The second-order valence-corrected chi connectivity index (χ2v) is 5.67. The Morgan fingerprint density at radius 1 is 1.33 bits per heavy atom. The molecule has 2 rings (SSSR count). The van der Waals surface area contributed by atoms with Crippen molar-refractivity contribution in [2.24, 2.45) is 0 Å². The second-order valence-electron chi connectivity index (χ2n) is 4.02. The molecule has 1 heterocycles. The van der Waals surface area contributed by atoms with Gasteiger partial charge in [0.15, 0.2) is 0 Å². The first-order valence-corrected chi connectivity index (χ1v) is 6.75. The van der Waals surface area contributed by atoms with Gasteiger partial charge in [-0.3, -0.25) is 0 Å². The van der Waals surface area contributed by atoms with E-state index in [9.17, 15) is 4.79 Å².